The van der Waals surface area contributed by atoms with E-state index in [0.29, 0.717) is 18.5 Å². The van der Waals surface area contributed by atoms with Crippen LogP contribution in [-0.4, -0.2) is 56.7 Å². The monoisotopic (exact) mass is 704 g/mol. The SMILES string of the molecule is CCCCCCCCCCCCCCC(CCC)NS(=O)(=O)OC(C(N)=O)(C(=O)NCc1ccccc1)C(COCc1ccccn1)OC. The fourth-order valence-corrected chi connectivity index (χ4v) is 7.11. The first-order chi connectivity index (χ1) is 23.7. The Morgan fingerprint density at radius 2 is 1.45 bits per heavy atom. The van der Waals surface area contributed by atoms with Crippen LogP contribution in [0, 0.1) is 0 Å². The summed E-state index contributed by atoms with van der Waals surface area (Å²) in [5, 5.41) is 2.62. The molecular weight excluding hydrogens is 644 g/mol. The van der Waals surface area contributed by atoms with Gasteiger partial charge in [0.2, 0.25) is 0 Å². The van der Waals surface area contributed by atoms with Crippen molar-refractivity contribution >= 4 is 22.1 Å². The number of nitrogens with one attached hydrogen (secondary N) is 2. The Morgan fingerprint density at radius 1 is 0.837 bits per heavy atom. The van der Waals surface area contributed by atoms with Crippen molar-refractivity contribution < 1.29 is 31.7 Å². The Bertz CT molecular complexity index is 1280. The van der Waals surface area contributed by atoms with Gasteiger partial charge in [0, 0.05) is 25.9 Å². The molecular formula is C37H60N4O7S. The molecule has 49 heavy (non-hydrogen) atoms. The van der Waals surface area contributed by atoms with Gasteiger partial charge in [-0.2, -0.15) is 13.1 Å². The highest BCUT2D eigenvalue weighted by Crippen LogP contribution is 2.25. The van der Waals surface area contributed by atoms with Crippen molar-refractivity contribution in [3.63, 3.8) is 0 Å². The van der Waals surface area contributed by atoms with Crippen LogP contribution in [0.25, 0.3) is 0 Å². The molecule has 0 bridgehead atoms. The standard InChI is InChI=1S/C37H60N4O7S/c1-4-6-7-8-9-10-11-12-13-14-15-19-25-32(22-5-2)41-49(44,45)48-37(35(38)42,36(43)40-28-31-23-17-16-18-24-31)34(46-3)30-47-29-33-26-20-21-27-39-33/h16-18,20-21,23-24,26-27,32,34,41H,4-15,19,22,25,28-30H2,1-3H3,(H2,38,42)(H,40,43). The van der Waals surface area contributed by atoms with Crippen molar-refractivity contribution in [2.45, 2.75) is 141 Å². The first kappa shape index (κ1) is 42.3. The van der Waals surface area contributed by atoms with Gasteiger partial charge >= 0.3 is 10.3 Å². The highest BCUT2D eigenvalue weighted by molar-refractivity contribution is 7.84. The lowest BCUT2D eigenvalue weighted by atomic mass is 9.94. The second-order valence-corrected chi connectivity index (χ2v) is 14.0. The number of pyridine rings is 1. The molecule has 1 aromatic heterocycles. The second-order valence-electron chi connectivity index (χ2n) is 12.6. The van der Waals surface area contributed by atoms with Crippen LogP contribution in [0.2, 0.25) is 0 Å². The van der Waals surface area contributed by atoms with Crippen LogP contribution in [0.1, 0.15) is 121 Å². The molecule has 0 spiro atoms. The van der Waals surface area contributed by atoms with Crippen LogP contribution in [0.15, 0.2) is 54.7 Å². The van der Waals surface area contributed by atoms with Crippen LogP contribution in [0.3, 0.4) is 0 Å². The van der Waals surface area contributed by atoms with Crippen LogP contribution < -0.4 is 15.8 Å². The fraction of sp³-hybridized carbons (Fsp3) is 0.649. The van der Waals surface area contributed by atoms with Gasteiger partial charge in [-0.05, 0) is 30.5 Å². The Labute approximate surface area is 294 Å². The number of hydrogen-bond acceptors (Lipinski definition) is 8. The molecule has 0 aliphatic carbocycles. The minimum atomic E-state index is -4.69. The summed E-state index contributed by atoms with van der Waals surface area (Å²) >= 11 is 0. The number of benzene rings is 1. The smallest absolute Gasteiger partial charge is 0.337 e. The fourth-order valence-electron chi connectivity index (χ4n) is 5.81. The number of primary amides is 1. The van der Waals surface area contributed by atoms with E-state index in [2.05, 4.69) is 21.9 Å². The number of nitrogens with two attached hydrogens (primary N) is 1. The minimum absolute atomic E-state index is 0.00577. The number of carbonyl (C=O) groups excluding carboxylic acids is 2. The second kappa shape index (κ2) is 24.3. The molecule has 2 amide bonds. The Balaban J connectivity index is 2.08. The zero-order valence-corrected chi connectivity index (χ0v) is 30.7. The topological polar surface area (TPSA) is 159 Å². The zero-order chi connectivity index (χ0) is 35.8. The van der Waals surface area contributed by atoms with Gasteiger partial charge in [-0.1, -0.05) is 134 Å². The number of methoxy groups -OCH3 is 1. The summed E-state index contributed by atoms with van der Waals surface area (Å²) in [5.41, 5.74) is 4.36. The lowest BCUT2D eigenvalue weighted by Gasteiger charge is -2.35. The van der Waals surface area contributed by atoms with E-state index in [1.807, 2.05) is 13.0 Å². The predicted octanol–water partition coefficient (Wildman–Crippen LogP) is 6.26. The molecule has 2 rings (SSSR count). The van der Waals surface area contributed by atoms with E-state index in [4.69, 9.17) is 19.4 Å². The molecule has 12 heteroatoms. The molecule has 1 aromatic carbocycles. The average molecular weight is 705 g/mol. The molecule has 11 nitrogen and oxygen atoms in total. The third-order valence-electron chi connectivity index (χ3n) is 8.58. The molecule has 0 radical (unpaired) electrons. The summed E-state index contributed by atoms with van der Waals surface area (Å²) < 4.78 is 46.6. The van der Waals surface area contributed by atoms with E-state index in [1.54, 1.807) is 48.7 Å². The molecule has 3 atom stereocenters. The molecule has 2 aromatic rings. The molecule has 1 heterocycles. The van der Waals surface area contributed by atoms with Crippen LogP contribution in [0.4, 0.5) is 0 Å². The van der Waals surface area contributed by atoms with E-state index in [1.165, 1.54) is 64.9 Å². The van der Waals surface area contributed by atoms with E-state index < -0.39 is 39.9 Å². The molecule has 0 saturated heterocycles. The number of hydrogen-bond donors (Lipinski definition) is 3. The zero-order valence-electron chi connectivity index (χ0n) is 29.9. The molecule has 276 valence electrons. The van der Waals surface area contributed by atoms with Gasteiger partial charge in [-0.15, -0.1) is 0 Å². The largest absolute Gasteiger partial charge is 0.375 e. The maximum absolute atomic E-state index is 13.8. The predicted molar refractivity (Wildman–Crippen MR) is 192 cm³/mol. The van der Waals surface area contributed by atoms with Gasteiger partial charge in [0.25, 0.3) is 17.4 Å². The lowest BCUT2D eigenvalue weighted by Crippen LogP contribution is -2.67. The van der Waals surface area contributed by atoms with Crippen LogP contribution >= 0.6 is 0 Å². The molecule has 4 N–H and O–H groups in total. The van der Waals surface area contributed by atoms with Gasteiger partial charge in [-0.3, -0.25) is 14.6 Å². The van der Waals surface area contributed by atoms with Crippen molar-refractivity contribution in [1.29, 1.82) is 0 Å². The molecule has 0 fully saturated rings. The van der Waals surface area contributed by atoms with E-state index in [-0.39, 0.29) is 19.8 Å². The van der Waals surface area contributed by atoms with E-state index in [0.717, 1.165) is 31.2 Å². The van der Waals surface area contributed by atoms with Gasteiger partial charge in [0.05, 0.1) is 18.9 Å². The Morgan fingerprint density at radius 3 is 2.00 bits per heavy atom. The number of carbonyl (C=O) groups is 2. The summed E-state index contributed by atoms with van der Waals surface area (Å²) in [6.45, 7) is 3.83. The van der Waals surface area contributed by atoms with Crippen molar-refractivity contribution in [3.05, 3.63) is 66.0 Å². The Hall–Kier alpha value is -2.90. The number of ether oxygens (including phenoxy) is 2. The summed E-state index contributed by atoms with van der Waals surface area (Å²) in [4.78, 5) is 31.2. The molecule has 0 aliphatic rings. The summed E-state index contributed by atoms with van der Waals surface area (Å²) in [6.07, 6.45) is 16.4. The average Bonchev–Trinajstić information content (AvgIpc) is 3.09. The van der Waals surface area contributed by atoms with Crippen molar-refractivity contribution in [3.8, 4) is 0 Å². The van der Waals surface area contributed by atoms with Crippen molar-refractivity contribution in [1.82, 2.24) is 15.0 Å². The van der Waals surface area contributed by atoms with Crippen molar-refractivity contribution in [2.24, 2.45) is 5.73 Å². The highest BCUT2D eigenvalue weighted by atomic mass is 32.2. The summed E-state index contributed by atoms with van der Waals surface area (Å²) in [7, 11) is -3.46. The molecule has 3 unspecified atom stereocenters. The number of amides is 2. The highest BCUT2D eigenvalue weighted by Gasteiger charge is 2.57. The first-order valence-electron chi connectivity index (χ1n) is 18.0. The van der Waals surface area contributed by atoms with Gasteiger partial charge in [0.1, 0.15) is 6.10 Å². The summed E-state index contributed by atoms with van der Waals surface area (Å²) in [5.74, 6) is -2.39. The maximum atomic E-state index is 13.8. The summed E-state index contributed by atoms with van der Waals surface area (Å²) in [6, 6.07) is 13.8. The van der Waals surface area contributed by atoms with E-state index in [9.17, 15) is 18.0 Å². The maximum Gasteiger partial charge on any atom is 0.337 e. The molecule has 0 aliphatic heterocycles. The quantitative estimate of drug-likeness (QED) is 0.0661. The normalized spacial score (nSPS) is 14.2. The van der Waals surface area contributed by atoms with Gasteiger partial charge in [0.15, 0.2) is 0 Å². The van der Waals surface area contributed by atoms with E-state index >= 15 is 0 Å². The van der Waals surface area contributed by atoms with Crippen LogP contribution in [-0.2, 0) is 46.7 Å². The number of unbranched alkanes of at least 4 members (excludes halogenated alkanes) is 11. The van der Waals surface area contributed by atoms with Gasteiger partial charge in [-0.25, -0.2) is 4.18 Å². The van der Waals surface area contributed by atoms with Gasteiger partial charge < -0.3 is 20.5 Å². The first-order valence-corrected chi connectivity index (χ1v) is 19.4. The Kier molecular flexibility index (Phi) is 20.9. The number of nitrogens with zero attached hydrogens (tertiary/aromatic N) is 1. The van der Waals surface area contributed by atoms with Crippen molar-refractivity contribution in [2.75, 3.05) is 13.7 Å². The number of aromatic nitrogens is 1. The third-order valence-corrected chi connectivity index (χ3v) is 9.68. The minimum Gasteiger partial charge on any atom is -0.375 e. The molecule has 0 saturated carbocycles. The van der Waals surface area contributed by atoms with Crippen LogP contribution in [0.5, 0.6) is 0 Å². The lowest BCUT2D eigenvalue weighted by molar-refractivity contribution is -0.167. The number of rotatable bonds is 29. The third kappa shape index (κ3) is 16.1.